The second-order valence-corrected chi connectivity index (χ2v) is 3.18. The van der Waals surface area contributed by atoms with Crippen LogP contribution in [-0.2, 0) is 22.1 Å². The molecule has 0 bridgehead atoms. The first-order valence-electron chi connectivity index (χ1n) is 3.24. The summed E-state index contributed by atoms with van der Waals surface area (Å²) in [7, 11) is 0. The predicted molar refractivity (Wildman–Crippen MR) is 44.9 cm³/mol. The summed E-state index contributed by atoms with van der Waals surface area (Å²) in [4.78, 5) is 0. The molecule has 5 heteroatoms. The number of rotatable bonds is 1. The Bertz CT molecular complexity index is 126. The molecular formula is C6H9KO2S2. The van der Waals surface area contributed by atoms with Crippen LogP contribution in [0.3, 0.4) is 0 Å². The van der Waals surface area contributed by atoms with Crippen LogP contribution in [0.25, 0.3) is 0 Å². The average Bonchev–Trinajstić information content (AvgIpc) is 1.88. The molecule has 0 aliphatic carbocycles. The molecule has 0 N–H and O–H groups in total. The maximum absolute atomic E-state index is 5.16. The molecule has 0 saturated carbocycles. The second-order valence-electron chi connectivity index (χ2n) is 2.18. The fourth-order valence-electron chi connectivity index (χ4n) is 0.930. The minimum Gasteiger partial charge on any atom is -0.510 e. The molecule has 0 radical (unpaired) electrons. The molecule has 1 rings (SSSR count). The zero-order valence-corrected chi connectivity index (χ0v) is 11.3. The van der Waals surface area contributed by atoms with Crippen LogP contribution in [0.1, 0.15) is 12.8 Å². The van der Waals surface area contributed by atoms with Gasteiger partial charge in [-0.1, -0.05) is 0 Å². The minimum absolute atomic E-state index is 0. The molecule has 1 heterocycles. The van der Waals surface area contributed by atoms with Crippen molar-refractivity contribution >= 4 is 29.2 Å². The minimum atomic E-state index is 0. The molecular weight excluding hydrogens is 207 g/mol. The molecule has 0 atom stereocenters. The monoisotopic (exact) mass is 216 g/mol. The molecule has 11 heavy (non-hydrogen) atoms. The second kappa shape index (κ2) is 7.14. The summed E-state index contributed by atoms with van der Waals surface area (Å²) < 4.78 is 10.5. The van der Waals surface area contributed by atoms with E-state index in [-0.39, 0.29) is 61.9 Å². The Labute approximate surface area is 120 Å². The summed E-state index contributed by atoms with van der Waals surface area (Å²) in [5.74, 6) is 0. The van der Waals surface area contributed by atoms with Crippen LogP contribution in [0.15, 0.2) is 0 Å². The molecule has 0 spiro atoms. The Morgan fingerprint density at radius 3 is 2.45 bits per heavy atom. The van der Waals surface area contributed by atoms with Crippen LogP contribution in [0, 0.1) is 0 Å². The van der Waals surface area contributed by atoms with Crippen LogP contribution < -0.4 is 51.4 Å². The molecule has 1 aliphatic rings. The third kappa shape index (κ3) is 5.87. The summed E-state index contributed by atoms with van der Waals surface area (Å²) in [6.45, 7) is 1.53. The van der Waals surface area contributed by atoms with Crippen LogP contribution >= 0.6 is 12.2 Å². The number of hydrogen-bond donors (Lipinski definition) is 0. The van der Waals surface area contributed by atoms with Crippen LogP contribution in [0.2, 0.25) is 0 Å². The molecule has 0 amide bonds. The molecule has 0 aromatic rings. The molecule has 0 aromatic carbocycles. The zero-order valence-electron chi connectivity index (χ0n) is 6.54. The largest absolute Gasteiger partial charge is 1.00 e. The van der Waals surface area contributed by atoms with E-state index >= 15 is 0 Å². The predicted octanol–water partition coefficient (Wildman–Crippen LogP) is -1.98. The standard InChI is InChI=1S/C6H10O2S2.K/c9-6(10)8-5-1-3-7-4-2-5;/h5H,1-4H2,(H,9,10);/q;+1/p-1. The third-order valence-electron chi connectivity index (χ3n) is 1.43. The fourth-order valence-corrected chi connectivity index (χ4v) is 1.20. The van der Waals surface area contributed by atoms with Crippen molar-refractivity contribution in [2.24, 2.45) is 0 Å². The molecule has 0 aromatic heterocycles. The van der Waals surface area contributed by atoms with Gasteiger partial charge >= 0.3 is 51.4 Å². The van der Waals surface area contributed by atoms with Crippen LogP contribution in [0.4, 0.5) is 0 Å². The van der Waals surface area contributed by atoms with Crippen molar-refractivity contribution in [3.8, 4) is 0 Å². The molecule has 1 saturated heterocycles. The van der Waals surface area contributed by atoms with Gasteiger partial charge in [0.1, 0.15) is 6.10 Å². The Hall–Kier alpha value is 1.71. The quantitative estimate of drug-likeness (QED) is 0.287. The Morgan fingerprint density at radius 1 is 1.45 bits per heavy atom. The molecule has 1 aliphatic heterocycles. The van der Waals surface area contributed by atoms with Gasteiger partial charge in [-0.2, -0.15) is 0 Å². The first-order chi connectivity index (χ1) is 4.79. The summed E-state index contributed by atoms with van der Waals surface area (Å²) in [5.41, 5.74) is 0. The Morgan fingerprint density at radius 2 is 2.00 bits per heavy atom. The Balaban J connectivity index is 0.000001000. The average molecular weight is 216 g/mol. The topological polar surface area (TPSA) is 18.5 Å². The van der Waals surface area contributed by atoms with Gasteiger partial charge in [0.05, 0.1) is 13.2 Å². The van der Waals surface area contributed by atoms with Gasteiger partial charge in [0, 0.05) is 17.2 Å². The van der Waals surface area contributed by atoms with E-state index in [0.717, 1.165) is 26.1 Å². The van der Waals surface area contributed by atoms with Crippen molar-refractivity contribution in [2.45, 2.75) is 18.9 Å². The summed E-state index contributed by atoms with van der Waals surface area (Å²) in [6, 6.07) is 0. The SMILES string of the molecule is S=C([S-])OC1CCOCC1.[K+]. The van der Waals surface area contributed by atoms with E-state index in [1.165, 1.54) is 0 Å². The number of ether oxygens (including phenoxy) is 2. The smallest absolute Gasteiger partial charge is 0.510 e. The maximum atomic E-state index is 5.16. The molecule has 0 unspecified atom stereocenters. The fraction of sp³-hybridized carbons (Fsp3) is 0.833. The van der Waals surface area contributed by atoms with Gasteiger partial charge < -0.3 is 34.3 Å². The van der Waals surface area contributed by atoms with Gasteiger partial charge in [-0.3, -0.25) is 0 Å². The van der Waals surface area contributed by atoms with E-state index in [0.29, 0.717) is 0 Å². The van der Waals surface area contributed by atoms with E-state index in [1.807, 2.05) is 0 Å². The maximum Gasteiger partial charge on any atom is 1.00 e. The third-order valence-corrected chi connectivity index (χ3v) is 1.62. The summed E-state index contributed by atoms with van der Waals surface area (Å²) in [6.07, 6.45) is 2.03. The van der Waals surface area contributed by atoms with Gasteiger partial charge in [-0.25, -0.2) is 0 Å². The van der Waals surface area contributed by atoms with Crippen molar-refractivity contribution in [2.75, 3.05) is 13.2 Å². The summed E-state index contributed by atoms with van der Waals surface area (Å²) in [5, 5.41) is 0. The van der Waals surface area contributed by atoms with Crippen molar-refractivity contribution in [3.63, 3.8) is 0 Å². The normalized spacial score (nSPS) is 18.5. The molecule has 1 fully saturated rings. The van der Waals surface area contributed by atoms with Crippen molar-refractivity contribution in [3.05, 3.63) is 0 Å². The van der Waals surface area contributed by atoms with E-state index in [1.54, 1.807) is 0 Å². The van der Waals surface area contributed by atoms with Crippen molar-refractivity contribution < 1.29 is 60.9 Å². The van der Waals surface area contributed by atoms with Gasteiger partial charge in [0.25, 0.3) is 0 Å². The van der Waals surface area contributed by atoms with E-state index < -0.39 is 0 Å². The van der Waals surface area contributed by atoms with E-state index in [9.17, 15) is 0 Å². The number of hydrogen-bond acceptors (Lipinski definition) is 4. The van der Waals surface area contributed by atoms with Gasteiger partial charge in [0.15, 0.2) is 0 Å². The van der Waals surface area contributed by atoms with Crippen molar-refractivity contribution in [1.29, 1.82) is 0 Å². The zero-order chi connectivity index (χ0) is 7.40. The molecule has 2 nitrogen and oxygen atoms in total. The van der Waals surface area contributed by atoms with E-state index in [4.69, 9.17) is 9.47 Å². The Kier molecular flexibility index (Phi) is 8.25. The van der Waals surface area contributed by atoms with Gasteiger partial charge in [0.2, 0.25) is 0 Å². The van der Waals surface area contributed by atoms with Crippen LogP contribution in [0.5, 0.6) is 0 Å². The van der Waals surface area contributed by atoms with Gasteiger partial charge in [-0.05, 0) is 0 Å². The number of thiocarbonyl (C=S) groups is 1. The van der Waals surface area contributed by atoms with Gasteiger partial charge in [-0.15, -0.1) is 0 Å². The summed E-state index contributed by atoms with van der Waals surface area (Å²) >= 11 is 9.26. The van der Waals surface area contributed by atoms with Crippen LogP contribution in [-0.4, -0.2) is 23.7 Å². The van der Waals surface area contributed by atoms with Crippen molar-refractivity contribution in [1.82, 2.24) is 0 Å². The first kappa shape index (κ1) is 12.7. The molecule has 58 valence electrons. The van der Waals surface area contributed by atoms with E-state index in [2.05, 4.69) is 24.8 Å². The first-order valence-corrected chi connectivity index (χ1v) is 4.06.